The summed E-state index contributed by atoms with van der Waals surface area (Å²) in [6.45, 7) is 2.85. The van der Waals surface area contributed by atoms with Crippen LogP contribution in [0.3, 0.4) is 0 Å². The van der Waals surface area contributed by atoms with Gasteiger partial charge < -0.3 is 19.4 Å². The number of hydrogen-bond acceptors (Lipinski definition) is 5. The number of nitrogens with zero attached hydrogens (tertiary/aromatic N) is 3. The van der Waals surface area contributed by atoms with Gasteiger partial charge in [0.2, 0.25) is 5.91 Å². The van der Waals surface area contributed by atoms with Gasteiger partial charge in [0.05, 0.1) is 25.1 Å². The Labute approximate surface area is 146 Å². The third-order valence-corrected chi connectivity index (χ3v) is 4.65. The number of ether oxygens (including phenoxy) is 2. The van der Waals surface area contributed by atoms with Crippen LogP contribution in [0.4, 0.5) is 0 Å². The quantitative estimate of drug-likeness (QED) is 0.887. The van der Waals surface area contributed by atoms with Crippen LogP contribution in [0.5, 0.6) is 11.5 Å². The summed E-state index contributed by atoms with van der Waals surface area (Å²) in [5.74, 6) is 1.48. The predicted molar refractivity (Wildman–Crippen MR) is 91.6 cm³/mol. The Morgan fingerprint density at radius 3 is 3.08 bits per heavy atom. The Balaban J connectivity index is 1.25. The molecule has 0 aliphatic carbocycles. The van der Waals surface area contributed by atoms with Gasteiger partial charge in [0.1, 0.15) is 12.7 Å². The van der Waals surface area contributed by atoms with Crippen LogP contribution in [-0.2, 0) is 24.8 Å². The summed E-state index contributed by atoms with van der Waals surface area (Å²) in [5, 5.41) is 2.95. The normalized spacial score (nSPS) is 19.3. The highest BCUT2D eigenvalue weighted by Crippen LogP contribution is 2.30. The van der Waals surface area contributed by atoms with E-state index in [9.17, 15) is 4.79 Å². The lowest BCUT2D eigenvalue weighted by Gasteiger charge is -2.28. The van der Waals surface area contributed by atoms with Gasteiger partial charge in [-0.25, -0.2) is 4.98 Å². The number of aromatic nitrogens is 2. The molecule has 0 bridgehead atoms. The van der Waals surface area contributed by atoms with E-state index in [2.05, 4.69) is 19.8 Å². The predicted octanol–water partition coefficient (Wildman–Crippen LogP) is 0.734. The summed E-state index contributed by atoms with van der Waals surface area (Å²) in [6.07, 6.45) is 2.60. The van der Waals surface area contributed by atoms with E-state index >= 15 is 0 Å². The van der Waals surface area contributed by atoms with Crippen LogP contribution < -0.4 is 14.8 Å². The summed E-state index contributed by atoms with van der Waals surface area (Å²) >= 11 is 0. The number of carbonyl (C=O) groups is 1. The molecule has 1 aromatic carbocycles. The number of nitrogens with one attached hydrogen (secondary N) is 1. The summed E-state index contributed by atoms with van der Waals surface area (Å²) in [4.78, 5) is 18.8. The molecule has 7 nitrogen and oxygen atoms in total. The summed E-state index contributed by atoms with van der Waals surface area (Å²) in [7, 11) is 2.01. The first kappa shape index (κ1) is 16.0. The molecule has 0 fully saturated rings. The molecular formula is C18H22N4O3. The standard InChI is InChI=1S/C18H22N4O3/c1-21-12-20-14-9-22(7-6-15(14)21)10-18(23)19-8-13-11-24-16-4-2-3-5-17(16)25-13/h2-5,12-13H,6-11H2,1H3,(H,19,23)/t13-/m1/s1. The average Bonchev–Trinajstić information content (AvgIpc) is 3.00. The van der Waals surface area contributed by atoms with E-state index < -0.39 is 0 Å². The van der Waals surface area contributed by atoms with Crippen molar-refractivity contribution in [1.82, 2.24) is 19.8 Å². The molecule has 0 spiro atoms. The molecule has 0 saturated heterocycles. The topological polar surface area (TPSA) is 68.6 Å². The first-order chi connectivity index (χ1) is 12.2. The molecule has 7 heteroatoms. The highest BCUT2D eigenvalue weighted by atomic mass is 16.6. The Hall–Kier alpha value is -2.54. The van der Waals surface area contributed by atoms with E-state index in [1.165, 1.54) is 5.69 Å². The van der Waals surface area contributed by atoms with Crippen LogP contribution in [0.2, 0.25) is 0 Å². The summed E-state index contributed by atoms with van der Waals surface area (Å²) < 4.78 is 13.6. The number of hydrogen-bond donors (Lipinski definition) is 1. The van der Waals surface area contributed by atoms with E-state index in [0.29, 0.717) is 19.7 Å². The number of benzene rings is 1. The van der Waals surface area contributed by atoms with Crippen LogP contribution in [-0.4, -0.2) is 52.7 Å². The van der Waals surface area contributed by atoms with Crippen molar-refractivity contribution in [2.45, 2.75) is 19.1 Å². The van der Waals surface area contributed by atoms with Gasteiger partial charge >= 0.3 is 0 Å². The molecule has 0 unspecified atom stereocenters. The second-order valence-electron chi connectivity index (χ2n) is 6.51. The molecule has 0 saturated carbocycles. The van der Waals surface area contributed by atoms with Crippen LogP contribution >= 0.6 is 0 Å². The average molecular weight is 342 g/mol. The van der Waals surface area contributed by atoms with Crippen LogP contribution in [0.15, 0.2) is 30.6 Å². The summed E-state index contributed by atoms with van der Waals surface area (Å²) in [5.41, 5.74) is 2.34. The monoisotopic (exact) mass is 342 g/mol. The molecule has 2 aromatic rings. The molecule has 1 aromatic heterocycles. The van der Waals surface area contributed by atoms with Gasteiger partial charge in [-0.3, -0.25) is 9.69 Å². The van der Waals surface area contributed by atoms with Gasteiger partial charge in [-0.05, 0) is 12.1 Å². The van der Waals surface area contributed by atoms with Crippen LogP contribution in [0.1, 0.15) is 11.4 Å². The summed E-state index contributed by atoms with van der Waals surface area (Å²) in [6, 6.07) is 7.58. The van der Waals surface area contributed by atoms with Crippen molar-refractivity contribution in [2.24, 2.45) is 7.05 Å². The number of fused-ring (bicyclic) bond motifs is 2. The maximum absolute atomic E-state index is 12.2. The Bertz CT molecular complexity index is 773. The van der Waals surface area contributed by atoms with E-state index in [-0.39, 0.29) is 12.0 Å². The fourth-order valence-corrected chi connectivity index (χ4v) is 3.30. The second-order valence-corrected chi connectivity index (χ2v) is 6.51. The van der Waals surface area contributed by atoms with E-state index in [0.717, 1.165) is 36.7 Å². The minimum absolute atomic E-state index is 0.00170. The Kier molecular flexibility index (Phi) is 4.31. The third-order valence-electron chi connectivity index (χ3n) is 4.65. The van der Waals surface area contributed by atoms with Crippen molar-refractivity contribution in [1.29, 1.82) is 0 Å². The van der Waals surface area contributed by atoms with Crippen LogP contribution in [0.25, 0.3) is 0 Å². The number of aryl methyl sites for hydroxylation is 1. The van der Waals surface area contributed by atoms with Gasteiger partial charge in [0, 0.05) is 32.3 Å². The fraction of sp³-hybridized carbons (Fsp3) is 0.444. The van der Waals surface area contributed by atoms with Gasteiger partial charge in [-0.15, -0.1) is 0 Å². The van der Waals surface area contributed by atoms with Crippen LogP contribution in [0, 0.1) is 0 Å². The third kappa shape index (κ3) is 3.46. The van der Waals surface area contributed by atoms with Crippen molar-refractivity contribution < 1.29 is 14.3 Å². The van der Waals surface area contributed by atoms with Crippen molar-refractivity contribution in [2.75, 3.05) is 26.2 Å². The number of carbonyl (C=O) groups excluding carboxylic acids is 1. The number of para-hydroxylation sites is 2. The van der Waals surface area contributed by atoms with Gasteiger partial charge in [-0.2, -0.15) is 0 Å². The largest absolute Gasteiger partial charge is 0.486 e. The lowest BCUT2D eigenvalue weighted by molar-refractivity contribution is -0.123. The Morgan fingerprint density at radius 1 is 1.36 bits per heavy atom. The minimum atomic E-state index is -0.164. The number of rotatable bonds is 4. The van der Waals surface area contributed by atoms with Crippen molar-refractivity contribution in [3.8, 4) is 11.5 Å². The fourth-order valence-electron chi connectivity index (χ4n) is 3.30. The molecule has 1 amide bonds. The zero-order chi connectivity index (χ0) is 17.2. The SMILES string of the molecule is Cn1cnc2c1CCN(CC(=O)NC[C@@H]1COc3ccccc3O1)C2. The molecule has 2 aliphatic heterocycles. The maximum atomic E-state index is 12.2. The second kappa shape index (κ2) is 6.76. The highest BCUT2D eigenvalue weighted by molar-refractivity contribution is 5.78. The van der Waals surface area contributed by atoms with Crippen molar-refractivity contribution in [3.63, 3.8) is 0 Å². The molecule has 4 rings (SSSR count). The Morgan fingerprint density at radius 2 is 2.20 bits per heavy atom. The van der Waals surface area contributed by atoms with Crippen molar-refractivity contribution >= 4 is 5.91 Å². The highest BCUT2D eigenvalue weighted by Gasteiger charge is 2.23. The van der Waals surface area contributed by atoms with Gasteiger partial charge in [0.25, 0.3) is 0 Å². The zero-order valence-electron chi connectivity index (χ0n) is 14.3. The first-order valence-corrected chi connectivity index (χ1v) is 8.55. The molecule has 0 radical (unpaired) electrons. The molecule has 2 aliphatic rings. The van der Waals surface area contributed by atoms with Gasteiger partial charge in [0.15, 0.2) is 11.5 Å². The number of amides is 1. The molecule has 1 atom stereocenters. The van der Waals surface area contributed by atoms with E-state index in [4.69, 9.17) is 9.47 Å². The maximum Gasteiger partial charge on any atom is 0.234 e. The lowest BCUT2D eigenvalue weighted by atomic mass is 10.1. The molecule has 3 heterocycles. The smallest absolute Gasteiger partial charge is 0.234 e. The molecular weight excluding hydrogens is 320 g/mol. The van der Waals surface area contributed by atoms with Gasteiger partial charge in [-0.1, -0.05) is 12.1 Å². The van der Waals surface area contributed by atoms with Crippen molar-refractivity contribution in [3.05, 3.63) is 42.0 Å². The molecule has 1 N–H and O–H groups in total. The molecule has 132 valence electrons. The van der Waals surface area contributed by atoms with E-state index in [1.54, 1.807) is 0 Å². The number of imidazole rings is 1. The molecule has 25 heavy (non-hydrogen) atoms. The minimum Gasteiger partial charge on any atom is -0.486 e. The van der Waals surface area contributed by atoms with E-state index in [1.807, 2.05) is 37.6 Å². The zero-order valence-corrected chi connectivity index (χ0v) is 14.3. The lowest BCUT2D eigenvalue weighted by Crippen LogP contribution is -2.45. The first-order valence-electron chi connectivity index (χ1n) is 8.55.